The zero-order valence-corrected chi connectivity index (χ0v) is 20.8. The SMILES string of the molecule is O=C(CO)c1ccc(Cn2c(=O)n(CCc3ccc(N4CCCCC4)cc3)c(=O)c3ccccc32)cc1. The van der Waals surface area contributed by atoms with Crippen LogP contribution in [0, 0.1) is 0 Å². The van der Waals surface area contributed by atoms with E-state index in [1.54, 1.807) is 47.0 Å². The molecule has 0 atom stereocenters. The first-order chi connectivity index (χ1) is 18.0. The number of fused-ring (bicyclic) bond motifs is 1. The van der Waals surface area contributed by atoms with Crippen molar-refractivity contribution in [3.05, 3.63) is 110 Å². The monoisotopic (exact) mass is 497 g/mol. The lowest BCUT2D eigenvalue weighted by Gasteiger charge is -2.28. The molecule has 1 fully saturated rings. The summed E-state index contributed by atoms with van der Waals surface area (Å²) in [5.74, 6) is -0.355. The molecule has 7 nitrogen and oxygen atoms in total. The second kappa shape index (κ2) is 11.0. The van der Waals surface area contributed by atoms with E-state index in [-0.39, 0.29) is 30.1 Å². The molecule has 4 aromatic rings. The third kappa shape index (κ3) is 5.27. The summed E-state index contributed by atoms with van der Waals surface area (Å²) >= 11 is 0. The van der Waals surface area contributed by atoms with Crippen molar-refractivity contribution >= 4 is 22.4 Å². The van der Waals surface area contributed by atoms with E-state index in [2.05, 4.69) is 29.2 Å². The molecule has 0 unspecified atom stereocenters. The Morgan fingerprint density at radius 2 is 1.46 bits per heavy atom. The summed E-state index contributed by atoms with van der Waals surface area (Å²) in [5.41, 5.74) is 3.47. The first-order valence-electron chi connectivity index (χ1n) is 12.8. The van der Waals surface area contributed by atoms with Gasteiger partial charge in [0.2, 0.25) is 0 Å². The fraction of sp³-hybridized carbons (Fsp3) is 0.300. The number of hydrogen-bond acceptors (Lipinski definition) is 5. The lowest BCUT2D eigenvalue weighted by Crippen LogP contribution is -2.40. The van der Waals surface area contributed by atoms with Gasteiger partial charge in [-0.3, -0.25) is 18.7 Å². The number of aliphatic hydroxyl groups excluding tert-OH is 1. The fourth-order valence-electron chi connectivity index (χ4n) is 5.06. The number of rotatable bonds is 8. The number of Topliss-reactive ketones (excluding diaryl/α,β-unsaturated/α-hetero) is 1. The van der Waals surface area contributed by atoms with Gasteiger partial charge in [-0.2, -0.15) is 0 Å². The van der Waals surface area contributed by atoms with Crippen molar-refractivity contribution in [3.8, 4) is 0 Å². The van der Waals surface area contributed by atoms with Crippen LogP contribution in [0.2, 0.25) is 0 Å². The van der Waals surface area contributed by atoms with Gasteiger partial charge in [-0.05, 0) is 61.1 Å². The Bertz CT molecular complexity index is 1510. The summed E-state index contributed by atoms with van der Waals surface area (Å²) in [7, 11) is 0. The normalized spacial score (nSPS) is 13.7. The van der Waals surface area contributed by atoms with E-state index in [9.17, 15) is 14.4 Å². The molecule has 3 aromatic carbocycles. The minimum atomic E-state index is -0.546. The van der Waals surface area contributed by atoms with E-state index in [1.807, 2.05) is 6.07 Å². The number of hydrogen-bond donors (Lipinski definition) is 1. The molecule has 1 saturated heterocycles. The first kappa shape index (κ1) is 24.7. The lowest BCUT2D eigenvalue weighted by atomic mass is 10.1. The molecule has 0 amide bonds. The highest BCUT2D eigenvalue weighted by molar-refractivity contribution is 5.96. The standard InChI is InChI=1S/C30H31N3O4/c34-21-28(35)24-12-8-23(9-13-24)20-33-27-7-3-2-6-26(27)29(36)32(30(33)37)19-16-22-10-14-25(15-11-22)31-17-4-1-5-18-31/h2-3,6-15,34H,1,4-5,16-21H2. The zero-order valence-electron chi connectivity index (χ0n) is 20.8. The molecule has 1 N–H and O–H groups in total. The Balaban J connectivity index is 1.41. The molecule has 1 aliphatic heterocycles. The van der Waals surface area contributed by atoms with Gasteiger partial charge >= 0.3 is 5.69 Å². The predicted molar refractivity (Wildman–Crippen MR) is 146 cm³/mol. The minimum Gasteiger partial charge on any atom is -0.388 e. The number of ketones is 1. The number of carbonyl (C=O) groups excluding carboxylic acids is 1. The first-order valence-corrected chi connectivity index (χ1v) is 12.8. The third-order valence-electron chi connectivity index (χ3n) is 7.17. The van der Waals surface area contributed by atoms with Crippen molar-refractivity contribution in [2.75, 3.05) is 24.6 Å². The van der Waals surface area contributed by atoms with Gasteiger partial charge in [0.05, 0.1) is 17.4 Å². The van der Waals surface area contributed by atoms with Crippen molar-refractivity contribution in [3.63, 3.8) is 0 Å². The molecule has 2 heterocycles. The van der Waals surface area contributed by atoms with Gasteiger partial charge in [0, 0.05) is 30.9 Å². The summed E-state index contributed by atoms with van der Waals surface area (Å²) in [4.78, 5) is 41.0. The Labute approximate surface area is 215 Å². The molecule has 190 valence electrons. The smallest absolute Gasteiger partial charge is 0.331 e. The Kier molecular flexibility index (Phi) is 7.32. The molecule has 0 spiro atoms. The van der Waals surface area contributed by atoms with Crippen molar-refractivity contribution in [1.82, 2.24) is 9.13 Å². The van der Waals surface area contributed by atoms with Crippen LogP contribution in [0.5, 0.6) is 0 Å². The van der Waals surface area contributed by atoms with Gasteiger partial charge in [-0.25, -0.2) is 4.79 Å². The largest absolute Gasteiger partial charge is 0.388 e. The Morgan fingerprint density at radius 1 is 0.784 bits per heavy atom. The van der Waals surface area contributed by atoms with Crippen molar-refractivity contribution in [2.45, 2.75) is 38.8 Å². The number of aromatic nitrogens is 2. The second-order valence-electron chi connectivity index (χ2n) is 9.59. The molecule has 7 heteroatoms. The summed E-state index contributed by atoms with van der Waals surface area (Å²) in [6.45, 7) is 2.18. The summed E-state index contributed by atoms with van der Waals surface area (Å²) < 4.78 is 2.93. The molecule has 1 aliphatic rings. The zero-order chi connectivity index (χ0) is 25.8. The van der Waals surface area contributed by atoms with E-state index in [4.69, 9.17) is 5.11 Å². The highest BCUT2D eigenvalue weighted by atomic mass is 16.3. The van der Waals surface area contributed by atoms with E-state index < -0.39 is 6.61 Å². The maximum atomic E-state index is 13.5. The Morgan fingerprint density at radius 3 is 2.16 bits per heavy atom. The third-order valence-corrected chi connectivity index (χ3v) is 7.17. The van der Waals surface area contributed by atoms with Gasteiger partial charge in [-0.15, -0.1) is 0 Å². The van der Waals surface area contributed by atoms with Crippen LogP contribution in [0.15, 0.2) is 82.4 Å². The van der Waals surface area contributed by atoms with Crippen LogP contribution < -0.4 is 16.1 Å². The number of carbonyl (C=O) groups is 1. The maximum absolute atomic E-state index is 13.5. The van der Waals surface area contributed by atoms with Gasteiger partial charge in [0.25, 0.3) is 5.56 Å². The van der Waals surface area contributed by atoms with Crippen LogP contribution in [0.25, 0.3) is 10.9 Å². The minimum absolute atomic E-state index is 0.262. The van der Waals surface area contributed by atoms with Crippen LogP contribution in [-0.4, -0.2) is 39.7 Å². The molecular formula is C30H31N3O4. The molecule has 0 saturated carbocycles. The van der Waals surface area contributed by atoms with Crippen molar-refractivity contribution in [1.29, 1.82) is 0 Å². The summed E-state index contributed by atoms with van der Waals surface area (Å²) in [6, 6.07) is 22.4. The molecule has 0 aliphatic carbocycles. The van der Waals surface area contributed by atoms with Crippen molar-refractivity contribution < 1.29 is 9.90 Å². The molecule has 5 rings (SSSR count). The molecule has 37 heavy (non-hydrogen) atoms. The van der Waals surface area contributed by atoms with Crippen LogP contribution in [0.3, 0.4) is 0 Å². The maximum Gasteiger partial charge on any atom is 0.331 e. The number of benzene rings is 3. The molecule has 0 radical (unpaired) electrons. The quantitative estimate of drug-likeness (QED) is 0.376. The highest BCUT2D eigenvalue weighted by Crippen LogP contribution is 2.20. The second-order valence-corrected chi connectivity index (χ2v) is 9.59. The Hall–Kier alpha value is -3.97. The number of piperidine rings is 1. The van der Waals surface area contributed by atoms with E-state index in [0.29, 0.717) is 22.9 Å². The summed E-state index contributed by atoms with van der Waals surface area (Å²) in [5, 5.41) is 9.58. The van der Waals surface area contributed by atoms with Crippen LogP contribution in [0.4, 0.5) is 5.69 Å². The van der Waals surface area contributed by atoms with Crippen LogP contribution >= 0.6 is 0 Å². The predicted octanol–water partition coefficient (Wildman–Crippen LogP) is 3.62. The van der Waals surface area contributed by atoms with Gasteiger partial charge in [-0.1, -0.05) is 48.5 Å². The molecule has 1 aromatic heterocycles. The van der Waals surface area contributed by atoms with Crippen molar-refractivity contribution in [2.24, 2.45) is 0 Å². The van der Waals surface area contributed by atoms with E-state index >= 15 is 0 Å². The van der Waals surface area contributed by atoms with Gasteiger partial charge < -0.3 is 10.0 Å². The van der Waals surface area contributed by atoms with Crippen LogP contribution in [-0.2, 0) is 19.5 Å². The average molecular weight is 498 g/mol. The molecular weight excluding hydrogens is 466 g/mol. The molecule has 0 bridgehead atoms. The van der Waals surface area contributed by atoms with Crippen LogP contribution in [0.1, 0.15) is 40.7 Å². The van der Waals surface area contributed by atoms with Gasteiger partial charge in [0.1, 0.15) is 6.61 Å². The topological polar surface area (TPSA) is 84.5 Å². The number of para-hydroxylation sites is 1. The number of aryl methyl sites for hydroxylation is 1. The number of nitrogens with zero attached hydrogens (tertiary/aromatic N) is 3. The fourth-order valence-corrected chi connectivity index (χ4v) is 5.06. The van der Waals surface area contributed by atoms with E-state index in [1.165, 1.54) is 29.5 Å². The average Bonchev–Trinajstić information content (AvgIpc) is 2.96. The lowest BCUT2D eigenvalue weighted by molar-refractivity contribution is 0.0903. The number of anilines is 1. The highest BCUT2D eigenvalue weighted by Gasteiger charge is 2.15. The summed E-state index contributed by atoms with van der Waals surface area (Å²) in [6.07, 6.45) is 4.32. The number of aliphatic hydroxyl groups is 1. The van der Waals surface area contributed by atoms with E-state index in [0.717, 1.165) is 24.2 Å². The van der Waals surface area contributed by atoms with Gasteiger partial charge in [0.15, 0.2) is 5.78 Å².